The van der Waals surface area contributed by atoms with E-state index in [1.807, 2.05) is 22.7 Å². The second-order valence-electron chi connectivity index (χ2n) is 5.46. The predicted octanol–water partition coefficient (Wildman–Crippen LogP) is 4.01. The van der Waals surface area contributed by atoms with Crippen molar-refractivity contribution in [3.05, 3.63) is 29.1 Å². The Labute approximate surface area is 126 Å². The average Bonchev–Trinajstić information content (AvgIpc) is 2.74. The first-order valence-corrected chi connectivity index (χ1v) is 7.94. The third-order valence-electron chi connectivity index (χ3n) is 3.99. The molecule has 2 aromatic heterocycles. The van der Waals surface area contributed by atoms with Crippen LogP contribution < -0.4 is 5.32 Å². The highest BCUT2D eigenvalue weighted by molar-refractivity contribution is 9.10. The van der Waals surface area contributed by atoms with E-state index in [0.717, 1.165) is 28.3 Å². The molecular weight excluding hydrogens is 318 g/mol. The molecule has 4 nitrogen and oxygen atoms in total. The van der Waals surface area contributed by atoms with Gasteiger partial charge >= 0.3 is 0 Å². The Morgan fingerprint density at radius 1 is 1.45 bits per heavy atom. The minimum Gasteiger partial charge on any atom is -0.325 e. The van der Waals surface area contributed by atoms with Gasteiger partial charge in [0.1, 0.15) is 10.3 Å². The fraction of sp³-hybridized carbons (Fsp3) is 0.467. The van der Waals surface area contributed by atoms with Gasteiger partial charge in [0, 0.05) is 12.6 Å². The van der Waals surface area contributed by atoms with Crippen LogP contribution in [-0.4, -0.2) is 15.3 Å². The molecular formula is C15H18BrN3O. The Bertz CT molecular complexity index is 619. The maximum atomic E-state index is 11.9. The number of imidazole rings is 1. The summed E-state index contributed by atoms with van der Waals surface area (Å²) in [6.07, 6.45) is 10.5. The molecule has 0 radical (unpaired) electrons. The van der Waals surface area contributed by atoms with E-state index in [1.54, 1.807) is 6.20 Å². The SMILES string of the molecule is O=C(CCCC1CCC1)Nc1ccc2ncc(Br)n2c1. The van der Waals surface area contributed by atoms with E-state index in [0.29, 0.717) is 6.42 Å². The van der Waals surface area contributed by atoms with E-state index in [4.69, 9.17) is 0 Å². The lowest BCUT2D eigenvalue weighted by atomic mass is 9.82. The largest absolute Gasteiger partial charge is 0.325 e. The van der Waals surface area contributed by atoms with Crippen molar-refractivity contribution in [1.29, 1.82) is 0 Å². The maximum Gasteiger partial charge on any atom is 0.224 e. The summed E-state index contributed by atoms with van der Waals surface area (Å²) in [5.41, 5.74) is 1.67. The third kappa shape index (κ3) is 3.03. The number of carbonyl (C=O) groups is 1. The van der Waals surface area contributed by atoms with Crippen LogP contribution >= 0.6 is 15.9 Å². The molecule has 1 fully saturated rings. The van der Waals surface area contributed by atoms with E-state index in [9.17, 15) is 4.79 Å². The number of nitrogens with one attached hydrogen (secondary N) is 1. The quantitative estimate of drug-likeness (QED) is 0.897. The molecule has 2 aromatic rings. The second-order valence-corrected chi connectivity index (χ2v) is 6.28. The van der Waals surface area contributed by atoms with Crippen molar-refractivity contribution in [2.75, 3.05) is 5.32 Å². The first kappa shape index (κ1) is 13.6. The molecule has 0 saturated heterocycles. The zero-order valence-corrected chi connectivity index (χ0v) is 12.9. The highest BCUT2D eigenvalue weighted by Crippen LogP contribution is 2.30. The van der Waals surface area contributed by atoms with Gasteiger partial charge in [-0.05, 0) is 46.8 Å². The molecule has 5 heteroatoms. The smallest absolute Gasteiger partial charge is 0.224 e. The lowest BCUT2D eigenvalue weighted by Gasteiger charge is -2.24. The number of hydrogen-bond acceptors (Lipinski definition) is 2. The summed E-state index contributed by atoms with van der Waals surface area (Å²) < 4.78 is 2.79. The predicted molar refractivity (Wildman–Crippen MR) is 82.7 cm³/mol. The molecule has 2 heterocycles. The Hall–Kier alpha value is -1.36. The lowest BCUT2D eigenvalue weighted by molar-refractivity contribution is -0.116. The van der Waals surface area contributed by atoms with Crippen LogP contribution in [-0.2, 0) is 4.79 Å². The highest BCUT2D eigenvalue weighted by Gasteiger charge is 2.17. The summed E-state index contributed by atoms with van der Waals surface area (Å²) in [6.45, 7) is 0. The Morgan fingerprint density at radius 2 is 2.30 bits per heavy atom. The molecule has 106 valence electrons. The minimum absolute atomic E-state index is 0.0971. The molecule has 3 rings (SSSR count). The van der Waals surface area contributed by atoms with Crippen molar-refractivity contribution >= 4 is 33.2 Å². The van der Waals surface area contributed by atoms with Crippen molar-refractivity contribution in [1.82, 2.24) is 9.38 Å². The summed E-state index contributed by atoms with van der Waals surface area (Å²) in [6, 6.07) is 3.79. The minimum atomic E-state index is 0.0971. The zero-order valence-electron chi connectivity index (χ0n) is 11.3. The van der Waals surface area contributed by atoms with Crippen LogP contribution in [0.2, 0.25) is 0 Å². The number of nitrogens with zero attached hydrogens (tertiary/aromatic N) is 2. The van der Waals surface area contributed by atoms with Crippen LogP contribution in [0, 0.1) is 5.92 Å². The van der Waals surface area contributed by atoms with Crippen LogP contribution in [0.1, 0.15) is 38.5 Å². The number of rotatable bonds is 5. The lowest BCUT2D eigenvalue weighted by Crippen LogP contribution is -2.14. The topological polar surface area (TPSA) is 46.4 Å². The van der Waals surface area contributed by atoms with Gasteiger partial charge in [0.05, 0.1) is 11.9 Å². The Kier molecular flexibility index (Phi) is 4.05. The molecule has 0 aromatic carbocycles. The monoisotopic (exact) mass is 335 g/mol. The van der Waals surface area contributed by atoms with Gasteiger partial charge in [0.15, 0.2) is 0 Å². The summed E-state index contributed by atoms with van der Waals surface area (Å²) >= 11 is 3.43. The van der Waals surface area contributed by atoms with Crippen LogP contribution in [0.25, 0.3) is 5.65 Å². The molecule has 1 N–H and O–H groups in total. The second kappa shape index (κ2) is 5.95. The molecule has 0 spiro atoms. The molecule has 1 amide bonds. The van der Waals surface area contributed by atoms with Crippen LogP contribution in [0.15, 0.2) is 29.1 Å². The van der Waals surface area contributed by atoms with Crippen molar-refractivity contribution in [3.8, 4) is 0 Å². The van der Waals surface area contributed by atoms with Gasteiger partial charge in [-0.15, -0.1) is 0 Å². The number of fused-ring (bicyclic) bond motifs is 1. The van der Waals surface area contributed by atoms with Gasteiger partial charge in [-0.3, -0.25) is 9.20 Å². The van der Waals surface area contributed by atoms with Crippen LogP contribution in [0.5, 0.6) is 0 Å². The number of amides is 1. The first-order chi connectivity index (χ1) is 9.72. The summed E-state index contributed by atoms with van der Waals surface area (Å²) in [4.78, 5) is 16.1. The van der Waals surface area contributed by atoms with Gasteiger partial charge in [0.2, 0.25) is 5.91 Å². The number of carbonyl (C=O) groups excluding carboxylic acids is 1. The molecule has 1 aliphatic rings. The van der Waals surface area contributed by atoms with E-state index in [2.05, 4.69) is 26.2 Å². The van der Waals surface area contributed by atoms with Crippen molar-refractivity contribution < 1.29 is 4.79 Å². The Morgan fingerprint density at radius 3 is 3.05 bits per heavy atom. The average molecular weight is 336 g/mol. The summed E-state index contributed by atoms with van der Waals surface area (Å²) in [5.74, 6) is 0.973. The van der Waals surface area contributed by atoms with E-state index in [1.165, 1.54) is 25.7 Å². The maximum absolute atomic E-state index is 11.9. The standard InChI is InChI=1S/C15H18BrN3O/c16-13-9-17-14-8-7-12(10-19(13)14)18-15(20)6-2-5-11-3-1-4-11/h7-11H,1-6H2,(H,18,20). The normalized spacial score (nSPS) is 15.2. The number of anilines is 1. The van der Waals surface area contributed by atoms with Gasteiger partial charge < -0.3 is 5.32 Å². The molecule has 0 bridgehead atoms. The summed E-state index contributed by atoms with van der Waals surface area (Å²) in [7, 11) is 0. The molecule has 1 saturated carbocycles. The van der Waals surface area contributed by atoms with Gasteiger partial charge in [-0.2, -0.15) is 0 Å². The number of hydrogen-bond donors (Lipinski definition) is 1. The van der Waals surface area contributed by atoms with Crippen molar-refractivity contribution in [3.63, 3.8) is 0 Å². The molecule has 0 unspecified atom stereocenters. The summed E-state index contributed by atoms with van der Waals surface area (Å²) in [5, 5.41) is 2.95. The number of halogens is 1. The first-order valence-electron chi connectivity index (χ1n) is 7.15. The van der Waals surface area contributed by atoms with E-state index < -0.39 is 0 Å². The molecule has 0 aliphatic heterocycles. The van der Waals surface area contributed by atoms with E-state index in [-0.39, 0.29) is 5.91 Å². The zero-order chi connectivity index (χ0) is 13.9. The number of aromatic nitrogens is 2. The van der Waals surface area contributed by atoms with Crippen molar-refractivity contribution in [2.45, 2.75) is 38.5 Å². The third-order valence-corrected chi connectivity index (χ3v) is 4.57. The van der Waals surface area contributed by atoms with Crippen LogP contribution in [0.3, 0.4) is 0 Å². The molecule has 0 atom stereocenters. The highest BCUT2D eigenvalue weighted by atomic mass is 79.9. The molecule has 1 aliphatic carbocycles. The van der Waals surface area contributed by atoms with E-state index >= 15 is 0 Å². The fourth-order valence-electron chi connectivity index (χ4n) is 2.58. The Balaban J connectivity index is 1.54. The number of pyridine rings is 1. The molecule has 20 heavy (non-hydrogen) atoms. The fourth-order valence-corrected chi connectivity index (χ4v) is 2.97. The van der Waals surface area contributed by atoms with Crippen molar-refractivity contribution in [2.24, 2.45) is 5.92 Å². The van der Waals surface area contributed by atoms with Gasteiger partial charge in [-0.1, -0.05) is 19.3 Å². The van der Waals surface area contributed by atoms with Gasteiger partial charge in [0.25, 0.3) is 0 Å². The van der Waals surface area contributed by atoms with Crippen LogP contribution in [0.4, 0.5) is 5.69 Å². The van der Waals surface area contributed by atoms with Gasteiger partial charge in [-0.25, -0.2) is 4.98 Å².